The molecular formula is C11H10Cl3NS. The van der Waals surface area contributed by atoms with Crippen molar-refractivity contribution in [3.8, 4) is 5.40 Å². The lowest BCUT2D eigenvalue weighted by Gasteiger charge is -2.12. The largest absolute Gasteiger partial charge is 0.185 e. The van der Waals surface area contributed by atoms with Crippen molar-refractivity contribution in [2.24, 2.45) is 5.92 Å². The van der Waals surface area contributed by atoms with Gasteiger partial charge in [-0.1, -0.05) is 41.7 Å². The summed E-state index contributed by atoms with van der Waals surface area (Å²) in [6, 6.07) is 3.43. The second kappa shape index (κ2) is 6.61. The zero-order valence-electron chi connectivity index (χ0n) is 8.64. The summed E-state index contributed by atoms with van der Waals surface area (Å²) in [6.07, 6.45) is 0.729. The molecule has 0 aliphatic carbocycles. The number of nitrogens with zero attached hydrogens (tertiary/aromatic N) is 1. The molecule has 0 saturated carbocycles. The van der Waals surface area contributed by atoms with E-state index in [1.165, 1.54) is 11.8 Å². The fourth-order valence-corrected chi connectivity index (χ4v) is 2.52. The number of hydrogen-bond donors (Lipinski definition) is 0. The third-order valence-corrected chi connectivity index (χ3v) is 4.19. The van der Waals surface area contributed by atoms with Crippen LogP contribution in [-0.2, 0) is 6.42 Å². The lowest BCUT2D eigenvalue weighted by molar-refractivity contribution is 0.660. The molecule has 0 aromatic heterocycles. The Bertz CT molecular complexity index is 414. The van der Waals surface area contributed by atoms with E-state index in [0.29, 0.717) is 21.0 Å². The SMILES string of the molecule is CC(CSC#N)Cc1c(Cl)ccc(Cl)c1Cl. The van der Waals surface area contributed by atoms with Crippen LogP contribution in [-0.4, -0.2) is 5.75 Å². The highest BCUT2D eigenvalue weighted by atomic mass is 35.5. The van der Waals surface area contributed by atoms with Crippen LogP contribution in [0.2, 0.25) is 15.1 Å². The van der Waals surface area contributed by atoms with Gasteiger partial charge in [-0.25, -0.2) is 0 Å². The molecule has 0 heterocycles. The molecule has 1 rings (SSSR count). The third-order valence-electron chi connectivity index (χ3n) is 2.12. The molecule has 86 valence electrons. The first-order chi connectivity index (χ1) is 7.56. The predicted molar refractivity (Wildman–Crippen MR) is 72.4 cm³/mol. The molecule has 0 aliphatic rings. The van der Waals surface area contributed by atoms with Gasteiger partial charge in [-0.2, -0.15) is 5.26 Å². The Kier molecular flexibility index (Phi) is 5.78. The molecule has 0 radical (unpaired) electrons. The van der Waals surface area contributed by atoms with E-state index in [9.17, 15) is 0 Å². The highest BCUT2D eigenvalue weighted by Gasteiger charge is 2.13. The first-order valence-electron chi connectivity index (χ1n) is 4.69. The van der Waals surface area contributed by atoms with Crippen molar-refractivity contribution in [2.45, 2.75) is 13.3 Å². The van der Waals surface area contributed by atoms with E-state index in [1.54, 1.807) is 12.1 Å². The van der Waals surface area contributed by atoms with E-state index >= 15 is 0 Å². The van der Waals surface area contributed by atoms with Crippen molar-refractivity contribution in [1.29, 1.82) is 5.26 Å². The van der Waals surface area contributed by atoms with Crippen LogP contribution in [0.25, 0.3) is 0 Å². The zero-order chi connectivity index (χ0) is 12.1. The normalized spacial score (nSPS) is 12.2. The minimum Gasteiger partial charge on any atom is -0.185 e. The number of nitriles is 1. The van der Waals surface area contributed by atoms with E-state index in [2.05, 4.69) is 6.92 Å². The summed E-state index contributed by atoms with van der Waals surface area (Å²) in [6.45, 7) is 2.05. The maximum atomic E-state index is 8.47. The highest BCUT2D eigenvalue weighted by molar-refractivity contribution is 8.03. The molecule has 0 N–H and O–H groups in total. The summed E-state index contributed by atoms with van der Waals surface area (Å²) in [4.78, 5) is 0. The summed E-state index contributed by atoms with van der Waals surface area (Å²) in [7, 11) is 0. The smallest absolute Gasteiger partial charge is 0.133 e. The topological polar surface area (TPSA) is 23.8 Å². The molecule has 16 heavy (non-hydrogen) atoms. The van der Waals surface area contributed by atoms with Crippen LogP contribution in [0.4, 0.5) is 0 Å². The van der Waals surface area contributed by atoms with E-state index in [1.807, 2.05) is 5.40 Å². The minimum atomic E-state index is 0.332. The number of halogens is 3. The van der Waals surface area contributed by atoms with Crippen molar-refractivity contribution >= 4 is 46.6 Å². The van der Waals surface area contributed by atoms with Crippen LogP contribution < -0.4 is 0 Å². The van der Waals surface area contributed by atoms with Gasteiger partial charge in [0, 0.05) is 10.8 Å². The number of rotatable bonds is 4. The molecule has 1 aromatic carbocycles. The van der Waals surface area contributed by atoms with Crippen LogP contribution in [0.5, 0.6) is 0 Å². The maximum absolute atomic E-state index is 8.47. The molecule has 1 unspecified atom stereocenters. The summed E-state index contributed by atoms with van der Waals surface area (Å²) in [5.41, 5.74) is 0.863. The minimum absolute atomic E-state index is 0.332. The molecule has 0 bridgehead atoms. The summed E-state index contributed by atoms with van der Waals surface area (Å²) in [5, 5.41) is 12.2. The van der Waals surface area contributed by atoms with Crippen molar-refractivity contribution in [3.63, 3.8) is 0 Å². The summed E-state index contributed by atoms with van der Waals surface area (Å²) >= 11 is 19.3. The predicted octanol–water partition coefficient (Wildman–Crippen LogP) is 5.04. The summed E-state index contributed by atoms with van der Waals surface area (Å²) in [5.74, 6) is 1.09. The average molecular weight is 295 g/mol. The first kappa shape index (κ1) is 14.0. The lowest BCUT2D eigenvalue weighted by Crippen LogP contribution is -2.03. The van der Waals surface area contributed by atoms with Crippen molar-refractivity contribution in [2.75, 3.05) is 5.75 Å². The van der Waals surface area contributed by atoms with Gasteiger partial charge >= 0.3 is 0 Å². The van der Waals surface area contributed by atoms with Gasteiger partial charge in [-0.3, -0.25) is 0 Å². The van der Waals surface area contributed by atoms with Crippen molar-refractivity contribution < 1.29 is 0 Å². The van der Waals surface area contributed by atoms with Crippen LogP contribution >= 0.6 is 46.6 Å². The summed E-state index contributed by atoms with van der Waals surface area (Å²) < 4.78 is 0. The Morgan fingerprint density at radius 2 is 1.94 bits per heavy atom. The van der Waals surface area contributed by atoms with Crippen LogP contribution in [0.1, 0.15) is 12.5 Å². The molecule has 0 spiro atoms. The molecule has 1 atom stereocenters. The third kappa shape index (κ3) is 3.75. The number of thioether (sulfide) groups is 1. The van der Waals surface area contributed by atoms with Gasteiger partial charge in [-0.05, 0) is 41.8 Å². The van der Waals surface area contributed by atoms with E-state index in [0.717, 1.165) is 17.7 Å². The molecule has 1 aromatic rings. The second-order valence-corrected chi connectivity index (χ2v) is 5.53. The van der Waals surface area contributed by atoms with Crippen molar-refractivity contribution in [1.82, 2.24) is 0 Å². The lowest BCUT2D eigenvalue weighted by atomic mass is 10.0. The quantitative estimate of drug-likeness (QED) is 0.574. The maximum Gasteiger partial charge on any atom is 0.133 e. The molecule has 0 saturated heterocycles. The van der Waals surface area contributed by atoms with Gasteiger partial charge in [0.05, 0.1) is 10.0 Å². The standard InChI is InChI=1S/C11H10Cl3NS/c1-7(5-16-6-15)4-8-9(12)2-3-10(13)11(8)14/h2-3,7H,4-5H2,1H3. The monoisotopic (exact) mass is 293 g/mol. The second-order valence-electron chi connectivity index (χ2n) is 3.53. The molecular weight excluding hydrogens is 285 g/mol. The number of thiocyanates is 1. The Morgan fingerprint density at radius 1 is 1.31 bits per heavy atom. The van der Waals surface area contributed by atoms with Crippen LogP contribution in [0.3, 0.4) is 0 Å². The highest BCUT2D eigenvalue weighted by Crippen LogP contribution is 2.33. The van der Waals surface area contributed by atoms with Gasteiger partial charge in [0.1, 0.15) is 5.40 Å². The van der Waals surface area contributed by atoms with Gasteiger partial charge in [0.15, 0.2) is 0 Å². The first-order valence-corrected chi connectivity index (χ1v) is 6.81. The average Bonchev–Trinajstić information content (AvgIpc) is 2.27. The Labute approximate surface area is 115 Å². The van der Waals surface area contributed by atoms with Crippen LogP contribution in [0.15, 0.2) is 12.1 Å². The fourth-order valence-electron chi connectivity index (χ4n) is 1.34. The van der Waals surface area contributed by atoms with E-state index < -0.39 is 0 Å². The Morgan fingerprint density at radius 3 is 2.56 bits per heavy atom. The number of benzene rings is 1. The van der Waals surface area contributed by atoms with E-state index in [-0.39, 0.29) is 0 Å². The van der Waals surface area contributed by atoms with Gasteiger partial charge in [0.2, 0.25) is 0 Å². The van der Waals surface area contributed by atoms with Gasteiger partial charge < -0.3 is 0 Å². The van der Waals surface area contributed by atoms with Crippen molar-refractivity contribution in [3.05, 3.63) is 32.8 Å². The van der Waals surface area contributed by atoms with Gasteiger partial charge in [-0.15, -0.1) is 0 Å². The van der Waals surface area contributed by atoms with Crippen LogP contribution in [0, 0.1) is 16.6 Å². The molecule has 0 amide bonds. The fraction of sp³-hybridized carbons (Fsp3) is 0.364. The zero-order valence-corrected chi connectivity index (χ0v) is 11.7. The number of hydrogen-bond acceptors (Lipinski definition) is 2. The Balaban J connectivity index is 2.81. The molecule has 1 nitrogen and oxygen atoms in total. The van der Waals surface area contributed by atoms with E-state index in [4.69, 9.17) is 40.1 Å². The molecule has 0 aliphatic heterocycles. The molecule has 0 fully saturated rings. The van der Waals surface area contributed by atoms with Gasteiger partial charge in [0.25, 0.3) is 0 Å². The molecule has 5 heteroatoms. The Hall–Kier alpha value is -0.0700.